The van der Waals surface area contributed by atoms with Crippen LogP contribution in [0.2, 0.25) is 0 Å². The van der Waals surface area contributed by atoms with Crippen LogP contribution in [0.3, 0.4) is 0 Å². The molecule has 3 rings (SSSR count). The quantitative estimate of drug-likeness (QED) is 0.203. The fourth-order valence-electron chi connectivity index (χ4n) is 3.52. The van der Waals surface area contributed by atoms with Gasteiger partial charge in [0.15, 0.2) is 10.6 Å². The minimum atomic E-state index is -0.969. The van der Waals surface area contributed by atoms with Crippen LogP contribution in [0.1, 0.15) is 37.4 Å². The van der Waals surface area contributed by atoms with Crippen molar-refractivity contribution in [1.29, 1.82) is 0 Å². The Balaban J connectivity index is 1.89. The summed E-state index contributed by atoms with van der Waals surface area (Å²) in [4.78, 5) is 36.4. The Morgan fingerprint density at radius 2 is 1.97 bits per heavy atom. The highest BCUT2D eigenvalue weighted by Crippen LogP contribution is 2.28. The first-order chi connectivity index (χ1) is 16.2. The lowest BCUT2D eigenvalue weighted by molar-refractivity contribution is -0.385. The molecule has 2 aromatic carbocycles. The highest BCUT2D eigenvalue weighted by atomic mass is 32.1. The lowest BCUT2D eigenvalue weighted by atomic mass is 10.0. The number of aryl methyl sites for hydroxylation is 1. The van der Waals surface area contributed by atoms with Gasteiger partial charge in [-0.05, 0) is 39.1 Å². The van der Waals surface area contributed by atoms with Gasteiger partial charge < -0.3 is 10.1 Å². The molecule has 0 aliphatic rings. The van der Waals surface area contributed by atoms with Crippen molar-refractivity contribution in [2.45, 2.75) is 45.9 Å². The number of benzene rings is 2. The lowest BCUT2D eigenvalue weighted by Gasteiger charge is -2.20. The van der Waals surface area contributed by atoms with E-state index in [9.17, 15) is 19.7 Å². The number of rotatable bonds is 9. The van der Waals surface area contributed by atoms with Crippen molar-refractivity contribution in [3.8, 4) is 11.4 Å². The maximum absolute atomic E-state index is 13.0. The predicted molar refractivity (Wildman–Crippen MR) is 127 cm³/mol. The molecule has 0 bridgehead atoms. The summed E-state index contributed by atoms with van der Waals surface area (Å²) in [6, 6.07) is 12.6. The van der Waals surface area contributed by atoms with Crippen LogP contribution in [-0.2, 0) is 20.9 Å². The van der Waals surface area contributed by atoms with Crippen molar-refractivity contribution in [2.24, 2.45) is 0 Å². The zero-order chi connectivity index (χ0) is 24.8. The third-order valence-electron chi connectivity index (χ3n) is 4.92. The molecule has 0 aliphatic heterocycles. The first kappa shape index (κ1) is 24.8. The summed E-state index contributed by atoms with van der Waals surface area (Å²) in [7, 11) is 0. The number of carbonyl (C=O) groups excluding carboxylic acids is 2. The number of amides is 1. The smallest absolute Gasteiger partial charge is 0.308 e. The Morgan fingerprint density at radius 1 is 1.24 bits per heavy atom. The van der Waals surface area contributed by atoms with E-state index in [0.29, 0.717) is 5.82 Å². The monoisotopic (exact) mass is 483 g/mol. The summed E-state index contributed by atoms with van der Waals surface area (Å²) in [5.41, 5.74) is 1.79. The Bertz CT molecular complexity index is 1270. The van der Waals surface area contributed by atoms with E-state index in [1.807, 2.05) is 31.2 Å². The van der Waals surface area contributed by atoms with Crippen LogP contribution in [0.4, 0.5) is 5.69 Å². The van der Waals surface area contributed by atoms with Gasteiger partial charge in [-0.2, -0.15) is 5.10 Å². The van der Waals surface area contributed by atoms with E-state index in [2.05, 4.69) is 15.5 Å². The average Bonchev–Trinajstić information content (AvgIpc) is 3.12. The number of aromatic nitrogens is 3. The van der Waals surface area contributed by atoms with Crippen LogP contribution < -0.4 is 5.32 Å². The number of ether oxygens (including phenoxy) is 1. The number of nitro benzene ring substituents is 1. The number of hydrogen-bond donors (Lipinski definition) is 2. The number of nitrogens with zero attached hydrogens (tertiary/aromatic N) is 3. The molecule has 10 nitrogen and oxygen atoms in total. The molecule has 1 aromatic heterocycles. The normalized spacial score (nSPS) is 11.8. The van der Waals surface area contributed by atoms with Crippen LogP contribution in [-0.4, -0.2) is 37.7 Å². The molecule has 0 fully saturated rings. The number of H-pyrrole nitrogens is 1. The van der Waals surface area contributed by atoms with Gasteiger partial charge in [-0.25, -0.2) is 0 Å². The predicted octanol–water partition coefficient (Wildman–Crippen LogP) is 4.02. The molecule has 1 unspecified atom stereocenters. The molecule has 34 heavy (non-hydrogen) atoms. The molecule has 0 aliphatic carbocycles. The van der Waals surface area contributed by atoms with E-state index >= 15 is 0 Å². The number of aromatic amines is 1. The molecule has 0 spiro atoms. The second kappa shape index (κ2) is 10.8. The van der Waals surface area contributed by atoms with Gasteiger partial charge in [0, 0.05) is 11.6 Å². The van der Waals surface area contributed by atoms with Gasteiger partial charge >= 0.3 is 5.97 Å². The number of esters is 1. The van der Waals surface area contributed by atoms with Gasteiger partial charge in [-0.3, -0.25) is 29.4 Å². The summed E-state index contributed by atoms with van der Waals surface area (Å²) in [5, 5.41) is 21.2. The fraction of sp³-hybridized carbons (Fsp3) is 0.304. The molecule has 0 saturated heterocycles. The third-order valence-corrected chi connectivity index (χ3v) is 5.23. The standard InChI is InChI=1S/C23H25N5O5S/c1-14(2)33-21(30)12-18(17-9-4-5-10-19(17)28(31)32)24-20(29)13-27-22(25-26-23(27)34)16-8-6-7-15(3)11-16/h4-11,14,18H,12-13H2,1-3H3,(H,24,29)(H,26,34). The molecule has 1 amide bonds. The minimum Gasteiger partial charge on any atom is -0.463 e. The van der Waals surface area contributed by atoms with Crippen molar-refractivity contribution in [1.82, 2.24) is 20.1 Å². The lowest BCUT2D eigenvalue weighted by Crippen LogP contribution is -2.34. The van der Waals surface area contributed by atoms with Crippen molar-refractivity contribution >= 4 is 29.8 Å². The van der Waals surface area contributed by atoms with E-state index in [4.69, 9.17) is 17.0 Å². The van der Waals surface area contributed by atoms with Crippen LogP contribution in [0.25, 0.3) is 11.4 Å². The zero-order valence-electron chi connectivity index (χ0n) is 19.0. The molecule has 1 atom stereocenters. The topological polar surface area (TPSA) is 132 Å². The van der Waals surface area contributed by atoms with E-state index in [0.717, 1.165) is 11.1 Å². The molecule has 0 radical (unpaired) electrons. The average molecular weight is 484 g/mol. The molecule has 11 heteroatoms. The van der Waals surface area contributed by atoms with Gasteiger partial charge in [0.25, 0.3) is 5.69 Å². The van der Waals surface area contributed by atoms with Crippen molar-refractivity contribution in [2.75, 3.05) is 0 Å². The Labute approximate surface area is 201 Å². The summed E-state index contributed by atoms with van der Waals surface area (Å²) in [5.74, 6) is -0.601. The summed E-state index contributed by atoms with van der Waals surface area (Å²) >= 11 is 5.31. The number of nitrogens with one attached hydrogen (secondary N) is 2. The first-order valence-electron chi connectivity index (χ1n) is 10.6. The van der Waals surface area contributed by atoms with Crippen molar-refractivity contribution < 1.29 is 19.2 Å². The van der Waals surface area contributed by atoms with Gasteiger partial charge in [-0.15, -0.1) is 0 Å². The van der Waals surface area contributed by atoms with Gasteiger partial charge in [-0.1, -0.05) is 42.0 Å². The molecule has 3 aromatic rings. The van der Waals surface area contributed by atoms with Crippen LogP contribution in [0.5, 0.6) is 0 Å². The highest BCUT2D eigenvalue weighted by Gasteiger charge is 2.27. The largest absolute Gasteiger partial charge is 0.463 e. The summed E-state index contributed by atoms with van der Waals surface area (Å²) in [6.07, 6.45) is -0.633. The molecule has 0 saturated carbocycles. The SMILES string of the molecule is Cc1cccc(-c2n[nH]c(=S)n2CC(=O)NC(CC(=O)OC(C)C)c2ccccc2[N+](=O)[O-])c1. The van der Waals surface area contributed by atoms with Crippen LogP contribution >= 0.6 is 12.2 Å². The zero-order valence-corrected chi connectivity index (χ0v) is 19.8. The summed E-state index contributed by atoms with van der Waals surface area (Å²) < 4.78 is 6.97. The number of carbonyl (C=O) groups is 2. The third kappa shape index (κ3) is 6.13. The first-order valence-corrected chi connectivity index (χ1v) is 11.0. The van der Waals surface area contributed by atoms with Crippen LogP contribution in [0, 0.1) is 21.8 Å². The number of nitro groups is 1. The number of para-hydroxylation sites is 1. The van der Waals surface area contributed by atoms with Gasteiger partial charge in [0.1, 0.15) is 6.54 Å². The minimum absolute atomic E-state index is 0.199. The van der Waals surface area contributed by atoms with Crippen molar-refractivity contribution in [3.63, 3.8) is 0 Å². The fourth-order valence-corrected chi connectivity index (χ4v) is 3.71. The van der Waals surface area contributed by atoms with Gasteiger partial charge in [0.2, 0.25) is 5.91 Å². The molecular weight excluding hydrogens is 458 g/mol. The second-order valence-electron chi connectivity index (χ2n) is 7.99. The molecular formula is C23H25N5O5S. The van der Waals surface area contributed by atoms with E-state index in [1.165, 1.54) is 22.8 Å². The second-order valence-corrected chi connectivity index (χ2v) is 8.37. The maximum Gasteiger partial charge on any atom is 0.308 e. The highest BCUT2D eigenvalue weighted by molar-refractivity contribution is 7.71. The number of hydrogen-bond acceptors (Lipinski definition) is 7. The molecule has 178 valence electrons. The molecule has 1 heterocycles. The van der Waals surface area contributed by atoms with E-state index < -0.39 is 22.8 Å². The Hall–Kier alpha value is -3.86. The maximum atomic E-state index is 13.0. The Kier molecular flexibility index (Phi) is 7.90. The van der Waals surface area contributed by atoms with E-state index in [-0.39, 0.29) is 35.1 Å². The van der Waals surface area contributed by atoms with Gasteiger partial charge in [0.05, 0.1) is 29.1 Å². The van der Waals surface area contributed by atoms with E-state index in [1.54, 1.807) is 19.9 Å². The van der Waals surface area contributed by atoms with Crippen LogP contribution in [0.15, 0.2) is 48.5 Å². The summed E-state index contributed by atoms with van der Waals surface area (Å²) in [6.45, 7) is 5.14. The Morgan fingerprint density at radius 3 is 2.65 bits per heavy atom. The van der Waals surface area contributed by atoms with Crippen molar-refractivity contribution in [3.05, 3.63) is 74.5 Å². The molecule has 2 N–H and O–H groups in total.